The first kappa shape index (κ1) is 23.1. The zero-order valence-corrected chi connectivity index (χ0v) is 18.5. The summed E-state index contributed by atoms with van der Waals surface area (Å²) in [5.74, 6) is -1.39. The lowest BCUT2D eigenvalue weighted by Gasteiger charge is -2.26. The molecule has 1 fully saturated rings. The molecule has 0 aliphatic carbocycles. The Morgan fingerprint density at radius 2 is 1.81 bits per heavy atom. The molecular weight excluding hydrogens is 440 g/mol. The third kappa shape index (κ3) is 6.46. The third-order valence-corrected chi connectivity index (χ3v) is 7.59. The van der Waals surface area contributed by atoms with Crippen LogP contribution in [0.15, 0.2) is 46.7 Å². The van der Waals surface area contributed by atoms with Crippen molar-refractivity contribution in [3.05, 3.63) is 46.7 Å². The molecule has 0 bridgehead atoms. The fraction of sp³-hybridized carbons (Fsp3) is 0.381. The van der Waals surface area contributed by atoms with Crippen LogP contribution in [-0.4, -0.2) is 50.1 Å². The zero-order chi connectivity index (χ0) is 22.3. The minimum absolute atomic E-state index is 0.0113. The molecule has 1 aliphatic rings. The molecule has 0 saturated carbocycles. The van der Waals surface area contributed by atoms with Crippen LogP contribution >= 0.6 is 11.3 Å². The predicted molar refractivity (Wildman–Crippen MR) is 117 cm³/mol. The molecule has 31 heavy (non-hydrogen) atoms. The van der Waals surface area contributed by atoms with E-state index in [1.165, 1.54) is 27.8 Å². The van der Waals surface area contributed by atoms with E-state index in [9.17, 15) is 22.8 Å². The van der Waals surface area contributed by atoms with Crippen LogP contribution in [0.4, 0.5) is 5.69 Å². The number of anilines is 1. The number of ether oxygens (including phenoxy) is 1. The molecule has 1 aliphatic heterocycles. The van der Waals surface area contributed by atoms with Crippen molar-refractivity contribution in [1.29, 1.82) is 0 Å². The van der Waals surface area contributed by atoms with Gasteiger partial charge in [-0.05, 0) is 42.5 Å². The van der Waals surface area contributed by atoms with Gasteiger partial charge in [0.1, 0.15) is 0 Å². The molecule has 3 rings (SSSR count). The number of hydrogen-bond donors (Lipinski definition) is 1. The molecule has 166 valence electrons. The Balaban J connectivity index is 1.48. The molecule has 0 radical (unpaired) electrons. The maximum Gasteiger partial charge on any atom is 0.306 e. The van der Waals surface area contributed by atoms with Crippen LogP contribution in [0.2, 0.25) is 0 Å². The Morgan fingerprint density at radius 3 is 2.52 bits per heavy atom. The molecule has 1 saturated heterocycles. The Hall–Kier alpha value is -2.56. The van der Waals surface area contributed by atoms with Crippen molar-refractivity contribution in [2.24, 2.45) is 0 Å². The molecule has 10 heteroatoms. The molecule has 1 aromatic heterocycles. The fourth-order valence-corrected chi connectivity index (χ4v) is 5.44. The van der Waals surface area contributed by atoms with Crippen molar-refractivity contribution in [3.63, 3.8) is 0 Å². The van der Waals surface area contributed by atoms with Crippen molar-refractivity contribution >= 4 is 44.7 Å². The van der Waals surface area contributed by atoms with Gasteiger partial charge >= 0.3 is 5.97 Å². The summed E-state index contributed by atoms with van der Waals surface area (Å²) in [6, 6.07) is 9.44. The highest BCUT2D eigenvalue weighted by atomic mass is 32.2. The number of carbonyl (C=O) groups is 3. The van der Waals surface area contributed by atoms with Gasteiger partial charge in [0.05, 0.1) is 16.2 Å². The van der Waals surface area contributed by atoms with Crippen LogP contribution in [0.5, 0.6) is 0 Å². The SMILES string of the molecule is O=C(COC(=O)CCC(=O)c1cccs1)Nc1cccc(S(=O)(=O)N2CCCCC2)c1. The first-order chi connectivity index (χ1) is 14.9. The van der Waals surface area contributed by atoms with Crippen molar-refractivity contribution in [2.45, 2.75) is 37.0 Å². The minimum atomic E-state index is -3.61. The summed E-state index contributed by atoms with van der Waals surface area (Å²) in [5, 5.41) is 4.32. The van der Waals surface area contributed by atoms with E-state index in [0.717, 1.165) is 19.3 Å². The van der Waals surface area contributed by atoms with Crippen LogP contribution < -0.4 is 5.32 Å². The van der Waals surface area contributed by atoms with E-state index in [-0.39, 0.29) is 23.5 Å². The van der Waals surface area contributed by atoms with Gasteiger partial charge in [-0.1, -0.05) is 18.6 Å². The lowest BCUT2D eigenvalue weighted by molar-refractivity contribution is -0.147. The van der Waals surface area contributed by atoms with Gasteiger partial charge in [0.25, 0.3) is 5.91 Å². The maximum atomic E-state index is 12.8. The molecular formula is C21H24N2O6S2. The molecule has 1 amide bonds. The van der Waals surface area contributed by atoms with E-state index in [0.29, 0.717) is 23.7 Å². The van der Waals surface area contributed by atoms with E-state index in [1.807, 2.05) is 0 Å². The molecule has 2 heterocycles. The molecule has 1 aromatic carbocycles. The summed E-state index contributed by atoms with van der Waals surface area (Å²) in [4.78, 5) is 36.5. The number of sulfonamides is 1. The van der Waals surface area contributed by atoms with E-state index in [1.54, 1.807) is 29.6 Å². The van der Waals surface area contributed by atoms with Gasteiger partial charge in [-0.2, -0.15) is 4.31 Å². The van der Waals surface area contributed by atoms with Gasteiger partial charge in [-0.15, -0.1) is 11.3 Å². The standard InChI is InChI=1S/C21H24N2O6S2/c24-18(19-8-5-13-30-19)9-10-21(26)29-15-20(25)22-16-6-4-7-17(14-16)31(27,28)23-11-2-1-3-12-23/h4-8,13-14H,1-3,9-12,15H2,(H,22,25). The fourth-order valence-electron chi connectivity index (χ4n) is 3.18. The first-order valence-corrected chi connectivity index (χ1v) is 12.3. The third-order valence-electron chi connectivity index (χ3n) is 4.79. The van der Waals surface area contributed by atoms with Crippen LogP contribution in [-0.2, 0) is 24.3 Å². The summed E-state index contributed by atoms with van der Waals surface area (Å²) in [7, 11) is -3.61. The van der Waals surface area contributed by atoms with Crippen molar-refractivity contribution in [2.75, 3.05) is 25.0 Å². The highest BCUT2D eigenvalue weighted by molar-refractivity contribution is 7.89. The molecule has 1 N–H and O–H groups in total. The summed E-state index contributed by atoms with van der Waals surface area (Å²) in [5.41, 5.74) is 0.298. The Bertz CT molecular complexity index is 1030. The largest absolute Gasteiger partial charge is 0.456 e. The van der Waals surface area contributed by atoms with Gasteiger partial charge in [0, 0.05) is 25.2 Å². The van der Waals surface area contributed by atoms with Crippen LogP contribution in [0.1, 0.15) is 41.8 Å². The zero-order valence-electron chi connectivity index (χ0n) is 16.9. The van der Waals surface area contributed by atoms with Crippen LogP contribution in [0.25, 0.3) is 0 Å². The van der Waals surface area contributed by atoms with Crippen LogP contribution in [0.3, 0.4) is 0 Å². The number of hydrogen-bond acceptors (Lipinski definition) is 7. The number of rotatable bonds is 9. The molecule has 2 aromatic rings. The number of amides is 1. The topological polar surface area (TPSA) is 110 Å². The second-order valence-electron chi connectivity index (χ2n) is 7.10. The molecule has 8 nitrogen and oxygen atoms in total. The monoisotopic (exact) mass is 464 g/mol. The molecule has 0 spiro atoms. The number of esters is 1. The summed E-state index contributed by atoms with van der Waals surface area (Å²) >= 11 is 1.30. The van der Waals surface area contributed by atoms with Gasteiger partial charge in [0.15, 0.2) is 12.4 Å². The van der Waals surface area contributed by atoms with Crippen molar-refractivity contribution in [1.82, 2.24) is 4.31 Å². The number of thiophene rings is 1. The minimum Gasteiger partial charge on any atom is -0.456 e. The normalized spacial score (nSPS) is 14.7. The highest BCUT2D eigenvalue weighted by Gasteiger charge is 2.26. The highest BCUT2D eigenvalue weighted by Crippen LogP contribution is 2.23. The summed E-state index contributed by atoms with van der Waals surface area (Å²) in [6.07, 6.45) is 2.58. The van der Waals surface area contributed by atoms with Gasteiger partial charge < -0.3 is 10.1 Å². The van der Waals surface area contributed by atoms with Crippen molar-refractivity contribution < 1.29 is 27.5 Å². The second-order valence-corrected chi connectivity index (χ2v) is 9.99. The lowest BCUT2D eigenvalue weighted by Crippen LogP contribution is -2.35. The predicted octanol–water partition coefficient (Wildman–Crippen LogP) is 3.07. The number of carbonyl (C=O) groups excluding carboxylic acids is 3. The number of nitrogens with zero attached hydrogens (tertiary/aromatic N) is 1. The van der Waals surface area contributed by atoms with E-state index < -0.39 is 28.5 Å². The summed E-state index contributed by atoms with van der Waals surface area (Å²) in [6.45, 7) is 0.461. The van der Waals surface area contributed by atoms with Crippen molar-refractivity contribution in [3.8, 4) is 0 Å². The number of Topliss-reactive ketones (excluding diaryl/α,β-unsaturated/α-hetero) is 1. The van der Waals surface area contributed by atoms with Gasteiger partial charge in [-0.25, -0.2) is 8.42 Å². The number of nitrogens with one attached hydrogen (secondary N) is 1. The number of benzene rings is 1. The average molecular weight is 465 g/mol. The van der Waals surface area contributed by atoms with Gasteiger partial charge in [0.2, 0.25) is 10.0 Å². The molecule has 0 atom stereocenters. The number of ketones is 1. The van der Waals surface area contributed by atoms with E-state index in [4.69, 9.17) is 4.74 Å². The van der Waals surface area contributed by atoms with Gasteiger partial charge in [-0.3, -0.25) is 14.4 Å². The van der Waals surface area contributed by atoms with E-state index >= 15 is 0 Å². The molecule has 0 unspecified atom stereocenters. The quantitative estimate of drug-likeness (QED) is 0.451. The second kappa shape index (κ2) is 10.7. The Kier molecular flexibility index (Phi) is 7.94. The maximum absolute atomic E-state index is 12.8. The Labute approximate surface area is 185 Å². The lowest BCUT2D eigenvalue weighted by atomic mass is 10.2. The first-order valence-electron chi connectivity index (χ1n) is 9.98. The summed E-state index contributed by atoms with van der Waals surface area (Å²) < 4.78 is 31.9. The average Bonchev–Trinajstić information content (AvgIpc) is 3.32. The van der Waals surface area contributed by atoms with Crippen LogP contribution in [0, 0.1) is 0 Å². The Morgan fingerprint density at radius 1 is 1.03 bits per heavy atom. The smallest absolute Gasteiger partial charge is 0.306 e. The van der Waals surface area contributed by atoms with E-state index in [2.05, 4.69) is 5.32 Å². The number of piperidine rings is 1.